The molecule has 27 heavy (non-hydrogen) atoms. The van der Waals surface area contributed by atoms with E-state index in [2.05, 4.69) is 15.6 Å². The fourth-order valence-electron chi connectivity index (χ4n) is 2.65. The zero-order chi connectivity index (χ0) is 20.1. The zero-order valence-electron chi connectivity index (χ0n) is 16.2. The number of esters is 1. The molecule has 0 radical (unpaired) electrons. The van der Waals surface area contributed by atoms with Crippen molar-refractivity contribution in [1.29, 1.82) is 0 Å². The molecule has 144 valence electrons. The summed E-state index contributed by atoms with van der Waals surface area (Å²) in [5.74, 6) is -0.913. The third-order valence-corrected chi connectivity index (χ3v) is 4.25. The van der Waals surface area contributed by atoms with Crippen LogP contribution in [0.2, 0.25) is 0 Å². The van der Waals surface area contributed by atoms with Crippen molar-refractivity contribution < 1.29 is 19.1 Å². The van der Waals surface area contributed by atoms with E-state index in [0.29, 0.717) is 34.7 Å². The second-order valence-electron chi connectivity index (χ2n) is 6.64. The third kappa shape index (κ3) is 4.75. The average molecular weight is 371 g/mol. The second-order valence-corrected chi connectivity index (χ2v) is 6.64. The van der Waals surface area contributed by atoms with Crippen molar-refractivity contribution >= 4 is 23.5 Å². The Morgan fingerprint density at radius 1 is 1.11 bits per heavy atom. The van der Waals surface area contributed by atoms with Crippen LogP contribution in [0.5, 0.6) is 0 Å². The van der Waals surface area contributed by atoms with Crippen LogP contribution in [0.3, 0.4) is 0 Å². The van der Waals surface area contributed by atoms with Crippen molar-refractivity contribution in [2.75, 3.05) is 12.4 Å². The summed E-state index contributed by atoms with van der Waals surface area (Å²) in [6.45, 7) is 7.41. The number of carbonyl (C=O) groups excluding carboxylic acids is 3. The van der Waals surface area contributed by atoms with Gasteiger partial charge in [-0.25, -0.2) is 4.79 Å². The van der Waals surface area contributed by atoms with Crippen molar-refractivity contribution in [1.82, 2.24) is 10.3 Å². The molecule has 0 fully saturated rings. The molecule has 0 spiro atoms. The van der Waals surface area contributed by atoms with E-state index in [1.807, 2.05) is 26.0 Å². The minimum absolute atomic E-state index is 0.0462. The highest BCUT2D eigenvalue weighted by molar-refractivity contribution is 6.00. The Bertz CT molecular complexity index is 851. The van der Waals surface area contributed by atoms with Crippen molar-refractivity contribution in [2.45, 2.75) is 34.2 Å². The van der Waals surface area contributed by atoms with Gasteiger partial charge in [0.15, 0.2) is 0 Å². The molecular weight excluding hydrogens is 346 g/mol. The van der Waals surface area contributed by atoms with Gasteiger partial charge >= 0.3 is 5.97 Å². The Kier molecular flexibility index (Phi) is 6.39. The van der Waals surface area contributed by atoms with Crippen LogP contribution in [0.25, 0.3) is 0 Å². The summed E-state index contributed by atoms with van der Waals surface area (Å²) in [5, 5.41) is 5.64. The molecule has 0 saturated heterocycles. The number of ether oxygens (including phenoxy) is 1. The van der Waals surface area contributed by atoms with Gasteiger partial charge in [0.25, 0.3) is 5.91 Å². The lowest BCUT2D eigenvalue weighted by atomic mass is 10.1. The molecular formula is C20H25N3O4. The van der Waals surface area contributed by atoms with E-state index in [-0.39, 0.29) is 17.7 Å². The van der Waals surface area contributed by atoms with Crippen LogP contribution < -0.4 is 10.6 Å². The SMILES string of the molecule is COC(=O)c1c(C)[nH]c(C(=O)NCc2ccc(NC(=O)C(C)C)cc2)c1C. The number of aromatic amines is 1. The molecule has 1 heterocycles. The van der Waals surface area contributed by atoms with Crippen LogP contribution >= 0.6 is 0 Å². The molecule has 3 N–H and O–H groups in total. The molecule has 2 aromatic rings. The van der Waals surface area contributed by atoms with Gasteiger partial charge in [0, 0.05) is 23.8 Å². The summed E-state index contributed by atoms with van der Waals surface area (Å²) >= 11 is 0. The molecule has 7 heteroatoms. The van der Waals surface area contributed by atoms with E-state index in [0.717, 1.165) is 5.56 Å². The normalized spacial score (nSPS) is 10.6. The number of benzene rings is 1. The van der Waals surface area contributed by atoms with Gasteiger partial charge in [0.2, 0.25) is 5.91 Å². The van der Waals surface area contributed by atoms with E-state index in [1.54, 1.807) is 26.0 Å². The first kappa shape index (κ1) is 20.2. The van der Waals surface area contributed by atoms with Crippen LogP contribution in [0.4, 0.5) is 5.69 Å². The van der Waals surface area contributed by atoms with Gasteiger partial charge in [0.1, 0.15) is 5.69 Å². The quantitative estimate of drug-likeness (QED) is 0.680. The number of H-pyrrole nitrogens is 1. The fourth-order valence-corrected chi connectivity index (χ4v) is 2.65. The molecule has 0 aliphatic carbocycles. The monoisotopic (exact) mass is 371 g/mol. The van der Waals surface area contributed by atoms with E-state index in [9.17, 15) is 14.4 Å². The third-order valence-electron chi connectivity index (χ3n) is 4.25. The number of amides is 2. The average Bonchev–Trinajstić information content (AvgIpc) is 2.94. The topological polar surface area (TPSA) is 100 Å². The number of carbonyl (C=O) groups is 3. The lowest BCUT2D eigenvalue weighted by Crippen LogP contribution is -2.24. The Morgan fingerprint density at radius 3 is 2.30 bits per heavy atom. The number of anilines is 1. The van der Waals surface area contributed by atoms with Gasteiger partial charge in [-0.1, -0.05) is 26.0 Å². The van der Waals surface area contributed by atoms with Crippen molar-refractivity contribution in [3.05, 3.63) is 52.3 Å². The van der Waals surface area contributed by atoms with Crippen LogP contribution in [-0.4, -0.2) is 29.9 Å². The lowest BCUT2D eigenvalue weighted by molar-refractivity contribution is -0.118. The van der Waals surface area contributed by atoms with Crippen LogP contribution in [-0.2, 0) is 16.1 Å². The van der Waals surface area contributed by atoms with E-state index < -0.39 is 5.97 Å². The molecule has 0 bridgehead atoms. The van der Waals surface area contributed by atoms with Gasteiger partial charge in [-0.3, -0.25) is 9.59 Å². The molecule has 0 aliphatic rings. The van der Waals surface area contributed by atoms with Gasteiger partial charge in [-0.2, -0.15) is 0 Å². The number of nitrogens with one attached hydrogen (secondary N) is 3. The Morgan fingerprint density at radius 2 is 1.74 bits per heavy atom. The maximum absolute atomic E-state index is 12.5. The predicted octanol–water partition coefficient (Wildman–Crippen LogP) is 2.94. The summed E-state index contributed by atoms with van der Waals surface area (Å²) in [6, 6.07) is 7.26. The number of hydrogen-bond acceptors (Lipinski definition) is 4. The van der Waals surface area contributed by atoms with Gasteiger partial charge in [0.05, 0.1) is 12.7 Å². The summed E-state index contributed by atoms with van der Waals surface area (Å²) in [7, 11) is 1.31. The molecule has 1 aromatic carbocycles. The number of aromatic nitrogens is 1. The largest absolute Gasteiger partial charge is 0.465 e. The summed E-state index contributed by atoms with van der Waals surface area (Å²) in [5.41, 5.74) is 3.47. The Balaban J connectivity index is 2.02. The number of hydrogen-bond donors (Lipinski definition) is 3. The summed E-state index contributed by atoms with van der Waals surface area (Å²) in [6.07, 6.45) is 0. The first-order chi connectivity index (χ1) is 12.7. The fraction of sp³-hybridized carbons (Fsp3) is 0.350. The Hall–Kier alpha value is -3.09. The number of aryl methyl sites for hydroxylation is 1. The van der Waals surface area contributed by atoms with E-state index in [4.69, 9.17) is 4.74 Å². The number of rotatable bonds is 6. The first-order valence-corrected chi connectivity index (χ1v) is 8.70. The van der Waals surface area contributed by atoms with E-state index in [1.165, 1.54) is 7.11 Å². The van der Waals surface area contributed by atoms with Gasteiger partial charge in [-0.15, -0.1) is 0 Å². The second kappa shape index (κ2) is 8.53. The van der Waals surface area contributed by atoms with Crippen LogP contribution in [0.15, 0.2) is 24.3 Å². The molecule has 0 atom stereocenters. The van der Waals surface area contributed by atoms with Gasteiger partial charge < -0.3 is 20.4 Å². The minimum atomic E-state index is -0.473. The van der Waals surface area contributed by atoms with Gasteiger partial charge in [-0.05, 0) is 37.1 Å². The Labute approximate surface area is 158 Å². The highest BCUT2D eigenvalue weighted by Crippen LogP contribution is 2.19. The molecule has 2 amide bonds. The van der Waals surface area contributed by atoms with Crippen LogP contribution in [0, 0.1) is 19.8 Å². The van der Waals surface area contributed by atoms with Crippen LogP contribution in [0.1, 0.15) is 51.5 Å². The summed E-state index contributed by atoms with van der Waals surface area (Å²) < 4.78 is 4.75. The predicted molar refractivity (Wildman–Crippen MR) is 103 cm³/mol. The van der Waals surface area contributed by atoms with Crippen molar-refractivity contribution in [3.63, 3.8) is 0 Å². The zero-order valence-corrected chi connectivity index (χ0v) is 16.2. The molecule has 0 unspecified atom stereocenters. The maximum atomic E-state index is 12.5. The molecule has 0 aliphatic heterocycles. The van der Waals surface area contributed by atoms with Crippen molar-refractivity contribution in [2.24, 2.45) is 5.92 Å². The number of methoxy groups -OCH3 is 1. The maximum Gasteiger partial charge on any atom is 0.339 e. The lowest BCUT2D eigenvalue weighted by Gasteiger charge is -2.09. The van der Waals surface area contributed by atoms with E-state index >= 15 is 0 Å². The minimum Gasteiger partial charge on any atom is -0.465 e. The summed E-state index contributed by atoms with van der Waals surface area (Å²) in [4.78, 5) is 38.9. The highest BCUT2D eigenvalue weighted by atomic mass is 16.5. The molecule has 2 rings (SSSR count). The highest BCUT2D eigenvalue weighted by Gasteiger charge is 2.22. The smallest absolute Gasteiger partial charge is 0.339 e. The van der Waals surface area contributed by atoms with Crippen molar-refractivity contribution in [3.8, 4) is 0 Å². The molecule has 1 aromatic heterocycles. The first-order valence-electron chi connectivity index (χ1n) is 8.70. The molecule has 7 nitrogen and oxygen atoms in total. The molecule has 0 saturated carbocycles. The standard InChI is InChI=1S/C20H25N3O4/c1-11(2)18(24)23-15-8-6-14(7-9-15)10-21-19(25)17-12(3)16(13(4)22-17)20(26)27-5/h6-9,11,22H,10H2,1-5H3,(H,21,25)(H,23,24).